The van der Waals surface area contributed by atoms with Crippen LogP contribution in [0.15, 0.2) is 36.8 Å². The highest BCUT2D eigenvalue weighted by molar-refractivity contribution is 5.22. The van der Waals surface area contributed by atoms with Crippen molar-refractivity contribution in [3.63, 3.8) is 0 Å². The SMILES string of the molecule is CC(NCc1ccncn1)c1c(F)cccc1F. The first kappa shape index (κ1) is 12.6. The van der Waals surface area contributed by atoms with Gasteiger partial charge in [0.2, 0.25) is 0 Å². The van der Waals surface area contributed by atoms with Crippen LogP contribution in [-0.4, -0.2) is 9.97 Å². The molecule has 0 saturated carbocycles. The maximum absolute atomic E-state index is 13.5. The number of hydrogen-bond acceptors (Lipinski definition) is 3. The summed E-state index contributed by atoms with van der Waals surface area (Å²) < 4.78 is 27.0. The lowest BCUT2D eigenvalue weighted by atomic mass is 10.1. The van der Waals surface area contributed by atoms with Crippen LogP contribution in [0, 0.1) is 11.6 Å². The highest BCUT2D eigenvalue weighted by Gasteiger charge is 2.15. The molecule has 0 aliphatic rings. The van der Waals surface area contributed by atoms with E-state index in [1.807, 2.05) is 0 Å². The van der Waals surface area contributed by atoms with Gasteiger partial charge in [-0.25, -0.2) is 18.7 Å². The average Bonchev–Trinajstić information content (AvgIpc) is 2.37. The first-order valence-corrected chi connectivity index (χ1v) is 5.60. The van der Waals surface area contributed by atoms with Crippen molar-refractivity contribution < 1.29 is 8.78 Å². The van der Waals surface area contributed by atoms with Gasteiger partial charge >= 0.3 is 0 Å². The third-order valence-corrected chi connectivity index (χ3v) is 2.67. The molecule has 1 aromatic heterocycles. The van der Waals surface area contributed by atoms with Crippen LogP contribution in [0.5, 0.6) is 0 Å². The van der Waals surface area contributed by atoms with E-state index in [-0.39, 0.29) is 5.56 Å². The highest BCUT2D eigenvalue weighted by atomic mass is 19.1. The number of benzene rings is 1. The average molecular weight is 249 g/mol. The summed E-state index contributed by atoms with van der Waals surface area (Å²) in [4.78, 5) is 7.83. The van der Waals surface area contributed by atoms with Gasteiger partial charge in [0.15, 0.2) is 0 Å². The van der Waals surface area contributed by atoms with Gasteiger partial charge in [-0.2, -0.15) is 0 Å². The number of aromatic nitrogens is 2. The molecule has 0 spiro atoms. The summed E-state index contributed by atoms with van der Waals surface area (Å²) in [6, 6.07) is 5.17. The van der Waals surface area contributed by atoms with Gasteiger partial charge in [-0.15, -0.1) is 0 Å². The van der Waals surface area contributed by atoms with Crippen LogP contribution in [0.2, 0.25) is 0 Å². The second-order valence-electron chi connectivity index (χ2n) is 3.94. The zero-order valence-corrected chi connectivity index (χ0v) is 9.90. The van der Waals surface area contributed by atoms with E-state index in [4.69, 9.17) is 0 Å². The quantitative estimate of drug-likeness (QED) is 0.905. The molecule has 0 radical (unpaired) electrons. The molecule has 1 aromatic carbocycles. The van der Waals surface area contributed by atoms with Gasteiger partial charge in [0.25, 0.3) is 0 Å². The maximum Gasteiger partial charge on any atom is 0.130 e. The van der Waals surface area contributed by atoms with Crippen molar-refractivity contribution in [3.05, 3.63) is 59.7 Å². The molecule has 2 rings (SSSR count). The molecule has 0 aliphatic heterocycles. The standard InChI is InChI=1S/C13H13F2N3/c1-9(13-11(14)3-2-4-12(13)15)17-7-10-5-6-16-8-18-10/h2-6,8-9,17H,7H2,1H3. The molecule has 1 N–H and O–H groups in total. The Morgan fingerprint density at radius 2 is 1.94 bits per heavy atom. The Morgan fingerprint density at radius 3 is 2.56 bits per heavy atom. The fraction of sp³-hybridized carbons (Fsp3) is 0.231. The Bertz CT molecular complexity index is 497. The van der Waals surface area contributed by atoms with Crippen LogP contribution in [0.1, 0.15) is 24.2 Å². The summed E-state index contributed by atoms with van der Waals surface area (Å²) in [5.74, 6) is -1.09. The summed E-state index contributed by atoms with van der Waals surface area (Å²) in [6.45, 7) is 2.14. The maximum atomic E-state index is 13.5. The molecule has 94 valence electrons. The van der Waals surface area contributed by atoms with E-state index in [0.717, 1.165) is 5.69 Å². The number of nitrogens with one attached hydrogen (secondary N) is 1. The van der Waals surface area contributed by atoms with Gasteiger partial charge < -0.3 is 5.32 Å². The van der Waals surface area contributed by atoms with E-state index in [1.165, 1.54) is 24.5 Å². The van der Waals surface area contributed by atoms with Crippen LogP contribution in [-0.2, 0) is 6.54 Å². The molecular formula is C13H13F2N3. The van der Waals surface area contributed by atoms with Gasteiger partial charge in [-0.1, -0.05) is 6.07 Å². The van der Waals surface area contributed by atoms with Gasteiger partial charge in [0.1, 0.15) is 18.0 Å². The van der Waals surface area contributed by atoms with Crippen molar-refractivity contribution >= 4 is 0 Å². The number of nitrogens with zero attached hydrogens (tertiary/aromatic N) is 2. The minimum absolute atomic E-state index is 0.0477. The third kappa shape index (κ3) is 2.87. The highest BCUT2D eigenvalue weighted by Crippen LogP contribution is 2.20. The number of halogens is 2. The summed E-state index contributed by atoms with van der Waals surface area (Å²) in [5, 5.41) is 3.03. The Balaban J connectivity index is 2.06. The Morgan fingerprint density at radius 1 is 1.22 bits per heavy atom. The molecule has 5 heteroatoms. The fourth-order valence-electron chi connectivity index (χ4n) is 1.71. The number of hydrogen-bond donors (Lipinski definition) is 1. The molecule has 2 aromatic rings. The van der Waals surface area contributed by atoms with E-state index in [1.54, 1.807) is 19.2 Å². The zero-order valence-electron chi connectivity index (χ0n) is 9.90. The van der Waals surface area contributed by atoms with Crippen LogP contribution >= 0.6 is 0 Å². The van der Waals surface area contributed by atoms with Crippen LogP contribution in [0.3, 0.4) is 0 Å². The van der Waals surface area contributed by atoms with Crippen molar-refractivity contribution in [2.75, 3.05) is 0 Å². The first-order valence-electron chi connectivity index (χ1n) is 5.60. The van der Waals surface area contributed by atoms with Crippen molar-refractivity contribution in [2.45, 2.75) is 19.5 Å². The predicted octanol–water partition coefficient (Wildman–Crippen LogP) is 2.61. The lowest BCUT2D eigenvalue weighted by molar-refractivity contribution is 0.485. The molecule has 0 amide bonds. The zero-order chi connectivity index (χ0) is 13.0. The van der Waals surface area contributed by atoms with E-state index in [2.05, 4.69) is 15.3 Å². The van der Waals surface area contributed by atoms with Crippen molar-refractivity contribution in [3.8, 4) is 0 Å². The topological polar surface area (TPSA) is 37.8 Å². The molecule has 0 bridgehead atoms. The summed E-state index contributed by atoms with van der Waals surface area (Å²) in [5.41, 5.74) is 0.820. The van der Waals surface area contributed by atoms with Crippen LogP contribution < -0.4 is 5.32 Å². The van der Waals surface area contributed by atoms with E-state index in [9.17, 15) is 8.78 Å². The smallest absolute Gasteiger partial charge is 0.130 e. The molecule has 1 heterocycles. The lowest BCUT2D eigenvalue weighted by Gasteiger charge is -2.15. The second-order valence-corrected chi connectivity index (χ2v) is 3.94. The predicted molar refractivity (Wildman–Crippen MR) is 63.6 cm³/mol. The van der Waals surface area contributed by atoms with Gasteiger partial charge in [0, 0.05) is 24.3 Å². The molecule has 1 atom stereocenters. The molecule has 0 saturated heterocycles. The lowest BCUT2D eigenvalue weighted by Crippen LogP contribution is -2.20. The van der Waals surface area contributed by atoms with E-state index >= 15 is 0 Å². The number of rotatable bonds is 4. The van der Waals surface area contributed by atoms with Gasteiger partial charge in [-0.3, -0.25) is 0 Å². The first-order chi connectivity index (χ1) is 8.68. The normalized spacial score (nSPS) is 12.4. The van der Waals surface area contributed by atoms with Crippen molar-refractivity contribution in [1.29, 1.82) is 0 Å². The molecule has 0 fully saturated rings. The Hall–Kier alpha value is -1.88. The van der Waals surface area contributed by atoms with Crippen LogP contribution in [0.4, 0.5) is 8.78 Å². The summed E-state index contributed by atoms with van der Waals surface area (Å²) in [6.07, 6.45) is 3.06. The second kappa shape index (κ2) is 5.64. The molecule has 1 unspecified atom stereocenters. The van der Waals surface area contributed by atoms with E-state index < -0.39 is 17.7 Å². The van der Waals surface area contributed by atoms with E-state index in [0.29, 0.717) is 6.54 Å². The molecule has 3 nitrogen and oxygen atoms in total. The van der Waals surface area contributed by atoms with Crippen molar-refractivity contribution in [1.82, 2.24) is 15.3 Å². The van der Waals surface area contributed by atoms with Gasteiger partial charge in [-0.05, 0) is 25.1 Å². The minimum Gasteiger partial charge on any atom is -0.304 e. The Labute approximate surface area is 104 Å². The molecular weight excluding hydrogens is 236 g/mol. The van der Waals surface area contributed by atoms with Crippen molar-refractivity contribution in [2.24, 2.45) is 0 Å². The Kier molecular flexibility index (Phi) is 3.94. The summed E-state index contributed by atoms with van der Waals surface area (Å²) in [7, 11) is 0. The largest absolute Gasteiger partial charge is 0.304 e. The molecule has 0 aliphatic carbocycles. The molecule has 18 heavy (non-hydrogen) atoms. The fourth-order valence-corrected chi connectivity index (χ4v) is 1.71. The van der Waals surface area contributed by atoms with Crippen LogP contribution in [0.25, 0.3) is 0 Å². The summed E-state index contributed by atoms with van der Waals surface area (Å²) >= 11 is 0. The monoisotopic (exact) mass is 249 g/mol. The third-order valence-electron chi connectivity index (χ3n) is 2.67. The minimum atomic E-state index is -0.544. The van der Waals surface area contributed by atoms with Gasteiger partial charge in [0.05, 0.1) is 5.69 Å².